The topological polar surface area (TPSA) is 80.0 Å². The maximum absolute atomic E-state index is 6.60. The summed E-state index contributed by atoms with van der Waals surface area (Å²) in [5, 5.41) is 0. The minimum atomic E-state index is 0.262. The summed E-state index contributed by atoms with van der Waals surface area (Å²) in [6, 6.07) is 36.9. The summed E-state index contributed by atoms with van der Waals surface area (Å²) in [6.07, 6.45) is 12.1. The lowest BCUT2D eigenvalue weighted by atomic mass is 9.80. The van der Waals surface area contributed by atoms with E-state index in [2.05, 4.69) is 78.7 Å². The zero-order chi connectivity index (χ0) is 30.3. The van der Waals surface area contributed by atoms with Gasteiger partial charge in [-0.2, -0.15) is 0 Å². The van der Waals surface area contributed by atoms with Crippen molar-refractivity contribution in [2.24, 2.45) is 21.6 Å². The Hall–Kier alpha value is -5.42. The van der Waals surface area contributed by atoms with Crippen LogP contribution in [0.3, 0.4) is 0 Å². The molecule has 4 aromatic rings. The maximum Gasteiger partial charge on any atom is 0.157 e. The smallest absolute Gasteiger partial charge is 0.157 e. The van der Waals surface area contributed by atoms with Gasteiger partial charge in [-0.1, -0.05) is 121 Å². The Morgan fingerprint density at radius 2 is 1.55 bits per heavy atom. The second kappa shape index (κ2) is 13.3. The molecule has 2 aliphatic carbocycles. The molecule has 0 fully saturated rings. The molecular formula is C39H37N5. The lowest BCUT2D eigenvalue weighted by Crippen LogP contribution is -2.19. The molecule has 0 amide bonds. The number of allylic oxidation sites excluding steroid dienone is 6. The average Bonchev–Trinajstić information content (AvgIpc) is 3.07. The molecule has 0 radical (unpaired) electrons. The van der Waals surface area contributed by atoms with E-state index in [-0.39, 0.29) is 5.92 Å². The molecular weight excluding hydrogens is 538 g/mol. The van der Waals surface area contributed by atoms with Gasteiger partial charge in [0.25, 0.3) is 0 Å². The van der Waals surface area contributed by atoms with E-state index in [1.165, 1.54) is 11.1 Å². The second-order valence-corrected chi connectivity index (χ2v) is 11.2. The fraction of sp³-hybridized carbons (Fsp3) is 0.128. The van der Waals surface area contributed by atoms with Crippen LogP contribution in [0.15, 0.2) is 161 Å². The maximum atomic E-state index is 6.60. The van der Waals surface area contributed by atoms with Gasteiger partial charge in [0.15, 0.2) is 5.84 Å². The third-order valence-electron chi connectivity index (χ3n) is 8.04. The number of nitrogen functional groups attached to an aromatic ring is 1. The third kappa shape index (κ3) is 6.63. The van der Waals surface area contributed by atoms with Gasteiger partial charge < -0.3 is 16.4 Å². The summed E-state index contributed by atoms with van der Waals surface area (Å²) in [7, 11) is 2.07. The highest BCUT2D eigenvalue weighted by atomic mass is 15.1. The van der Waals surface area contributed by atoms with E-state index in [0.717, 1.165) is 52.2 Å². The van der Waals surface area contributed by atoms with Gasteiger partial charge in [0, 0.05) is 30.6 Å². The van der Waals surface area contributed by atoms with E-state index in [0.29, 0.717) is 18.2 Å². The van der Waals surface area contributed by atoms with Gasteiger partial charge in [-0.3, -0.25) is 4.99 Å². The molecule has 2 aliphatic rings. The van der Waals surface area contributed by atoms with Gasteiger partial charge in [-0.05, 0) is 52.5 Å². The summed E-state index contributed by atoms with van der Waals surface area (Å²) in [6.45, 7) is 1.25. The van der Waals surface area contributed by atoms with Gasteiger partial charge in [-0.15, -0.1) is 0 Å². The van der Waals surface area contributed by atoms with Crippen LogP contribution in [-0.4, -0.2) is 18.7 Å². The normalized spacial score (nSPS) is 16.5. The highest BCUT2D eigenvalue weighted by Crippen LogP contribution is 2.38. The minimum absolute atomic E-state index is 0.262. The van der Waals surface area contributed by atoms with Crippen molar-refractivity contribution in [3.63, 3.8) is 0 Å². The summed E-state index contributed by atoms with van der Waals surface area (Å²) in [4.78, 5) is 12.2. The first-order valence-corrected chi connectivity index (χ1v) is 15.0. The van der Waals surface area contributed by atoms with Crippen molar-refractivity contribution in [1.29, 1.82) is 0 Å². The Balaban J connectivity index is 1.37. The van der Waals surface area contributed by atoms with Crippen molar-refractivity contribution in [2.45, 2.75) is 19.5 Å². The molecule has 44 heavy (non-hydrogen) atoms. The van der Waals surface area contributed by atoms with Crippen molar-refractivity contribution in [1.82, 2.24) is 0 Å². The van der Waals surface area contributed by atoms with Crippen LogP contribution in [0, 0.1) is 5.92 Å². The summed E-state index contributed by atoms with van der Waals surface area (Å²) in [5.74, 6) is 1.35. The first kappa shape index (κ1) is 28.7. The van der Waals surface area contributed by atoms with Crippen molar-refractivity contribution in [2.75, 3.05) is 17.7 Å². The Morgan fingerprint density at radius 3 is 2.30 bits per heavy atom. The molecule has 0 aromatic heterocycles. The highest BCUT2D eigenvalue weighted by molar-refractivity contribution is 6.18. The number of fused-ring (bicyclic) bond motifs is 1. The van der Waals surface area contributed by atoms with Crippen LogP contribution in [-0.2, 0) is 13.1 Å². The monoisotopic (exact) mass is 575 g/mol. The lowest BCUT2D eigenvalue weighted by Gasteiger charge is -2.26. The number of aliphatic imine (C=N–C) groups is 2. The molecule has 5 nitrogen and oxygen atoms in total. The Labute approximate surface area is 260 Å². The van der Waals surface area contributed by atoms with Crippen molar-refractivity contribution < 1.29 is 0 Å². The molecule has 218 valence electrons. The zero-order valence-corrected chi connectivity index (χ0v) is 25.0. The zero-order valence-electron chi connectivity index (χ0n) is 25.0. The van der Waals surface area contributed by atoms with Gasteiger partial charge in [-0.25, -0.2) is 4.99 Å². The van der Waals surface area contributed by atoms with Gasteiger partial charge in [0.2, 0.25) is 0 Å². The molecule has 0 saturated heterocycles. The van der Waals surface area contributed by atoms with Crippen molar-refractivity contribution in [3.05, 3.63) is 173 Å². The number of amidine groups is 2. The van der Waals surface area contributed by atoms with E-state index in [1.807, 2.05) is 72.8 Å². The highest BCUT2D eigenvalue weighted by Gasteiger charge is 2.25. The van der Waals surface area contributed by atoms with Crippen LogP contribution < -0.4 is 16.4 Å². The number of anilines is 2. The second-order valence-electron chi connectivity index (χ2n) is 11.2. The number of hydrogen-bond donors (Lipinski definition) is 2. The number of benzene rings is 4. The third-order valence-corrected chi connectivity index (χ3v) is 8.04. The number of rotatable bonds is 8. The standard InChI is InChI=1S/C39H37N5/c1-44(37-19-11-10-18-36(37)40)27-29-20-22-30(23-21-29)34-24-32-16-8-9-17-33(32)25-35(34)39(42-26-28-12-4-2-5-13-28)43-38(41)31-14-6-3-7-15-31/h2-16,18-25,33H,17,26-27,40H2,1H3,(H2,41,42,43). The molecule has 6 rings (SSSR count). The first-order chi connectivity index (χ1) is 21.5. The van der Waals surface area contributed by atoms with Gasteiger partial charge >= 0.3 is 0 Å². The van der Waals surface area contributed by atoms with Crippen LogP contribution >= 0.6 is 0 Å². The first-order valence-electron chi connectivity index (χ1n) is 15.0. The Bertz CT molecular complexity index is 1790. The van der Waals surface area contributed by atoms with Crippen LogP contribution in [0.5, 0.6) is 0 Å². The van der Waals surface area contributed by atoms with Gasteiger partial charge in [0.1, 0.15) is 5.84 Å². The van der Waals surface area contributed by atoms with Crippen LogP contribution in [0.4, 0.5) is 11.4 Å². The summed E-state index contributed by atoms with van der Waals surface area (Å²) >= 11 is 0. The summed E-state index contributed by atoms with van der Waals surface area (Å²) < 4.78 is 0. The SMILES string of the molecule is CN(Cc1ccc(C2=CC3=CC=CCC3C=C2C(=N/Cc2ccccc2)/N=C(\N)c2ccccc2)cc1)c1ccccc1N. The van der Waals surface area contributed by atoms with Crippen LogP contribution in [0.25, 0.3) is 5.57 Å². The fourth-order valence-corrected chi connectivity index (χ4v) is 5.65. The molecule has 1 unspecified atom stereocenters. The number of nitrogens with zero attached hydrogens (tertiary/aromatic N) is 3. The molecule has 0 aliphatic heterocycles. The van der Waals surface area contributed by atoms with E-state index >= 15 is 0 Å². The van der Waals surface area contributed by atoms with E-state index in [9.17, 15) is 0 Å². The van der Waals surface area contributed by atoms with E-state index in [1.54, 1.807) is 0 Å². The predicted molar refractivity (Wildman–Crippen MR) is 186 cm³/mol. The summed E-state index contributed by atoms with van der Waals surface area (Å²) in [5.41, 5.74) is 22.3. The molecule has 0 heterocycles. The molecule has 4 aromatic carbocycles. The van der Waals surface area contributed by atoms with Crippen molar-refractivity contribution >= 4 is 28.6 Å². The fourth-order valence-electron chi connectivity index (χ4n) is 5.65. The molecule has 1 atom stereocenters. The molecule has 0 saturated carbocycles. The van der Waals surface area contributed by atoms with Gasteiger partial charge in [0.05, 0.1) is 17.9 Å². The van der Waals surface area contributed by atoms with Crippen LogP contribution in [0.1, 0.15) is 28.7 Å². The number of hydrogen-bond acceptors (Lipinski definition) is 3. The molecule has 5 heteroatoms. The van der Waals surface area contributed by atoms with E-state index < -0.39 is 0 Å². The molecule has 0 bridgehead atoms. The Kier molecular flexibility index (Phi) is 8.65. The van der Waals surface area contributed by atoms with Crippen LogP contribution in [0.2, 0.25) is 0 Å². The largest absolute Gasteiger partial charge is 0.397 e. The molecule has 4 N–H and O–H groups in total. The number of para-hydroxylation sites is 2. The predicted octanol–water partition coefficient (Wildman–Crippen LogP) is 7.74. The minimum Gasteiger partial charge on any atom is -0.397 e. The molecule has 0 spiro atoms. The lowest BCUT2D eigenvalue weighted by molar-refractivity contribution is 0.778. The Morgan fingerprint density at radius 1 is 0.841 bits per heavy atom. The van der Waals surface area contributed by atoms with E-state index in [4.69, 9.17) is 21.5 Å². The quantitative estimate of drug-likeness (QED) is 0.128. The average molecular weight is 576 g/mol. The number of nitrogens with two attached hydrogens (primary N) is 2. The van der Waals surface area contributed by atoms with Crippen molar-refractivity contribution in [3.8, 4) is 0 Å².